The van der Waals surface area contributed by atoms with Crippen LogP contribution in [-0.4, -0.2) is 5.76 Å². The monoisotopic (exact) mass is 331 g/mol. The van der Waals surface area contributed by atoms with Gasteiger partial charge in [-0.15, -0.1) is 0 Å². The van der Waals surface area contributed by atoms with Gasteiger partial charge in [0, 0.05) is 11.1 Å². The van der Waals surface area contributed by atoms with E-state index in [-0.39, 0.29) is 11.8 Å². The summed E-state index contributed by atoms with van der Waals surface area (Å²) in [6.07, 6.45) is 0. The third-order valence-corrected chi connectivity index (χ3v) is 4.07. The van der Waals surface area contributed by atoms with E-state index in [1.54, 1.807) is 12.1 Å². The minimum Gasteiger partial charge on any atom is -0.464 e. The largest absolute Gasteiger partial charge is 0.464 e. The van der Waals surface area contributed by atoms with Gasteiger partial charge in [-0.25, -0.2) is 0 Å². The summed E-state index contributed by atoms with van der Waals surface area (Å²) in [7, 11) is 0. The molecule has 0 bridgehead atoms. The molecule has 0 amide bonds. The molecule has 0 saturated heterocycles. The Labute approximate surface area is 131 Å². The standard InChI is InChI=1S/C15H16ClF2NOS/c1-10(13-4-2-3-5-14(13)16)19-8-11-6-7-12(20-11)9-21-15(17)18/h2-7,10,15,19H,8-9H2,1H3/t10-/m1/s1. The van der Waals surface area contributed by atoms with Crippen molar-refractivity contribution in [1.82, 2.24) is 5.32 Å². The number of thioether (sulfide) groups is 1. The van der Waals surface area contributed by atoms with Gasteiger partial charge in [0.1, 0.15) is 11.5 Å². The topological polar surface area (TPSA) is 25.2 Å². The van der Waals surface area contributed by atoms with Crippen molar-refractivity contribution >= 4 is 23.4 Å². The number of hydrogen-bond donors (Lipinski definition) is 1. The molecule has 0 aliphatic carbocycles. The van der Waals surface area contributed by atoms with Crippen molar-refractivity contribution in [2.24, 2.45) is 0 Å². The first-order valence-corrected chi connectivity index (χ1v) is 7.94. The quantitative estimate of drug-likeness (QED) is 0.751. The molecule has 114 valence electrons. The molecule has 1 N–H and O–H groups in total. The minimum atomic E-state index is -2.38. The molecule has 1 aromatic carbocycles. The Bertz CT molecular complexity index is 576. The molecule has 0 fully saturated rings. The average molecular weight is 332 g/mol. The number of halogens is 3. The van der Waals surface area contributed by atoms with Crippen molar-refractivity contribution in [3.63, 3.8) is 0 Å². The van der Waals surface area contributed by atoms with Crippen LogP contribution in [0.5, 0.6) is 0 Å². The molecule has 1 aromatic heterocycles. The second-order valence-electron chi connectivity index (χ2n) is 4.56. The summed E-state index contributed by atoms with van der Waals surface area (Å²) in [5, 5.41) is 4.01. The van der Waals surface area contributed by atoms with Crippen LogP contribution in [0.2, 0.25) is 5.02 Å². The lowest BCUT2D eigenvalue weighted by atomic mass is 10.1. The molecule has 0 radical (unpaired) electrons. The van der Waals surface area contributed by atoms with E-state index in [2.05, 4.69) is 5.32 Å². The summed E-state index contributed by atoms with van der Waals surface area (Å²) in [5.41, 5.74) is 1.01. The van der Waals surface area contributed by atoms with Gasteiger partial charge in [-0.1, -0.05) is 41.6 Å². The second-order valence-corrected chi connectivity index (χ2v) is 5.95. The zero-order valence-corrected chi connectivity index (χ0v) is 13.1. The fourth-order valence-electron chi connectivity index (χ4n) is 1.93. The van der Waals surface area contributed by atoms with E-state index in [1.807, 2.05) is 31.2 Å². The fourth-order valence-corrected chi connectivity index (χ4v) is 2.67. The van der Waals surface area contributed by atoms with Gasteiger partial charge in [0.05, 0.1) is 12.3 Å². The van der Waals surface area contributed by atoms with Gasteiger partial charge >= 0.3 is 0 Å². The molecule has 0 unspecified atom stereocenters. The van der Waals surface area contributed by atoms with E-state index in [1.165, 1.54) is 0 Å². The maximum atomic E-state index is 12.1. The molecule has 6 heteroatoms. The van der Waals surface area contributed by atoms with Gasteiger partial charge in [-0.05, 0) is 30.7 Å². The number of rotatable bonds is 7. The predicted octanol–water partition coefficient (Wildman–Crippen LogP) is 5.24. The van der Waals surface area contributed by atoms with Crippen LogP contribution in [-0.2, 0) is 12.3 Å². The highest BCUT2D eigenvalue weighted by molar-refractivity contribution is 7.98. The molecule has 1 heterocycles. The van der Waals surface area contributed by atoms with Crippen molar-refractivity contribution < 1.29 is 13.2 Å². The molecule has 2 aromatic rings. The van der Waals surface area contributed by atoms with Crippen molar-refractivity contribution in [2.45, 2.75) is 31.0 Å². The number of nitrogens with one attached hydrogen (secondary N) is 1. The van der Waals surface area contributed by atoms with E-state index in [4.69, 9.17) is 16.0 Å². The van der Waals surface area contributed by atoms with Gasteiger partial charge in [0.15, 0.2) is 0 Å². The first-order valence-electron chi connectivity index (χ1n) is 6.51. The number of alkyl halides is 2. The fraction of sp³-hybridized carbons (Fsp3) is 0.333. The van der Waals surface area contributed by atoms with Gasteiger partial charge in [0.25, 0.3) is 5.76 Å². The molecule has 2 rings (SSSR count). The van der Waals surface area contributed by atoms with Crippen LogP contribution >= 0.6 is 23.4 Å². The van der Waals surface area contributed by atoms with E-state index >= 15 is 0 Å². The third-order valence-electron chi connectivity index (χ3n) is 3.02. The van der Waals surface area contributed by atoms with Crippen molar-refractivity contribution in [3.05, 3.63) is 58.5 Å². The highest BCUT2D eigenvalue weighted by Gasteiger charge is 2.11. The minimum absolute atomic E-state index is 0.0719. The molecule has 0 aliphatic rings. The van der Waals surface area contributed by atoms with Crippen molar-refractivity contribution in [1.29, 1.82) is 0 Å². The molecule has 0 aliphatic heterocycles. The maximum absolute atomic E-state index is 12.1. The summed E-state index contributed by atoms with van der Waals surface area (Å²) in [4.78, 5) is 0. The SMILES string of the molecule is C[C@@H](NCc1ccc(CSC(F)F)o1)c1ccccc1Cl. The van der Waals surface area contributed by atoms with Gasteiger partial charge < -0.3 is 9.73 Å². The van der Waals surface area contributed by atoms with Crippen LogP contribution in [0.25, 0.3) is 0 Å². The van der Waals surface area contributed by atoms with Crippen LogP contribution < -0.4 is 5.32 Å². The molecule has 0 saturated carbocycles. The Morgan fingerprint density at radius 1 is 1.19 bits per heavy atom. The molecule has 0 spiro atoms. The van der Waals surface area contributed by atoms with Gasteiger partial charge in [-0.3, -0.25) is 0 Å². The summed E-state index contributed by atoms with van der Waals surface area (Å²) in [6.45, 7) is 2.53. The van der Waals surface area contributed by atoms with Crippen LogP contribution in [0.1, 0.15) is 30.0 Å². The molecule has 21 heavy (non-hydrogen) atoms. The van der Waals surface area contributed by atoms with Crippen LogP contribution in [0, 0.1) is 0 Å². The first kappa shape index (κ1) is 16.3. The zero-order chi connectivity index (χ0) is 15.2. The van der Waals surface area contributed by atoms with E-state index < -0.39 is 5.76 Å². The normalized spacial score (nSPS) is 12.8. The number of furan rings is 1. The Hall–Kier alpha value is -1.04. The smallest absolute Gasteiger partial charge is 0.284 e. The highest BCUT2D eigenvalue weighted by atomic mass is 35.5. The third kappa shape index (κ3) is 5.02. The lowest BCUT2D eigenvalue weighted by Crippen LogP contribution is -2.18. The van der Waals surface area contributed by atoms with Gasteiger partial charge in [0.2, 0.25) is 0 Å². The van der Waals surface area contributed by atoms with Crippen LogP contribution in [0.4, 0.5) is 8.78 Å². The second kappa shape index (κ2) is 7.82. The molecular weight excluding hydrogens is 316 g/mol. The Morgan fingerprint density at radius 2 is 1.90 bits per heavy atom. The number of hydrogen-bond acceptors (Lipinski definition) is 3. The van der Waals surface area contributed by atoms with Gasteiger partial charge in [-0.2, -0.15) is 8.78 Å². The molecular formula is C15H16ClF2NOS. The summed E-state index contributed by atoms with van der Waals surface area (Å²) in [5.74, 6) is -0.921. The van der Waals surface area contributed by atoms with Crippen LogP contribution in [0.15, 0.2) is 40.8 Å². The van der Waals surface area contributed by atoms with Crippen LogP contribution in [0.3, 0.4) is 0 Å². The Morgan fingerprint density at radius 3 is 2.62 bits per heavy atom. The molecule has 1 atom stereocenters. The Balaban J connectivity index is 1.87. The highest BCUT2D eigenvalue weighted by Crippen LogP contribution is 2.24. The van der Waals surface area contributed by atoms with E-state index in [9.17, 15) is 8.78 Å². The lowest BCUT2D eigenvalue weighted by Gasteiger charge is -2.14. The summed E-state index contributed by atoms with van der Waals surface area (Å²) >= 11 is 6.69. The summed E-state index contributed by atoms with van der Waals surface area (Å²) < 4.78 is 29.7. The van der Waals surface area contributed by atoms with Crippen molar-refractivity contribution in [3.8, 4) is 0 Å². The Kier molecular flexibility index (Phi) is 6.08. The number of benzene rings is 1. The van der Waals surface area contributed by atoms with E-state index in [0.717, 1.165) is 11.3 Å². The average Bonchev–Trinajstić information content (AvgIpc) is 2.91. The molecule has 2 nitrogen and oxygen atoms in total. The zero-order valence-electron chi connectivity index (χ0n) is 11.5. The maximum Gasteiger partial charge on any atom is 0.284 e. The van der Waals surface area contributed by atoms with E-state index in [0.29, 0.717) is 29.1 Å². The predicted molar refractivity (Wildman–Crippen MR) is 82.7 cm³/mol. The van der Waals surface area contributed by atoms with Crippen molar-refractivity contribution in [2.75, 3.05) is 0 Å². The summed E-state index contributed by atoms with van der Waals surface area (Å²) in [6, 6.07) is 11.2. The lowest BCUT2D eigenvalue weighted by molar-refractivity contribution is 0.251. The first-order chi connectivity index (χ1) is 10.1.